The molecule has 9 heteroatoms. The first-order valence-corrected chi connectivity index (χ1v) is 14.1. The number of nitrogens with one attached hydrogen (secondary N) is 1. The fourth-order valence-corrected chi connectivity index (χ4v) is 6.46. The number of rotatable bonds is 7. The molecule has 1 fully saturated rings. The summed E-state index contributed by atoms with van der Waals surface area (Å²) < 4.78 is 3.95. The third-order valence-corrected chi connectivity index (χ3v) is 8.46. The van der Waals surface area contributed by atoms with Crippen LogP contribution < -0.4 is 5.32 Å². The summed E-state index contributed by atoms with van der Waals surface area (Å²) in [5, 5.41) is 19.5. The molecule has 0 aliphatic heterocycles. The molecule has 4 heterocycles. The van der Waals surface area contributed by atoms with Crippen LogP contribution in [0.1, 0.15) is 51.1 Å². The van der Waals surface area contributed by atoms with Gasteiger partial charge in [-0.15, -0.1) is 11.3 Å². The van der Waals surface area contributed by atoms with E-state index in [4.69, 9.17) is 15.1 Å². The molecule has 0 aromatic carbocycles. The van der Waals surface area contributed by atoms with Gasteiger partial charge in [-0.3, -0.25) is 4.68 Å². The number of nitrogens with zero attached hydrogens (tertiary/aromatic N) is 6. The lowest BCUT2D eigenvalue weighted by molar-refractivity contribution is 0.229. The maximum Gasteiger partial charge on any atom is 0.199 e. The van der Waals surface area contributed by atoms with Crippen molar-refractivity contribution in [2.75, 3.05) is 11.9 Å². The average Bonchev–Trinajstić information content (AvgIpc) is 3.68. The predicted molar refractivity (Wildman–Crippen MR) is 154 cm³/mol. The molecule has 38 heavy (non-hydrogen) atoms. The zero-order chi connectivity index (χ0) is 26.2. The van der Waals surface area contributed by atoms with Crippen molar-refractivity contribution in [3.63, 3.8) is 0 Å². The predicted octanol–water partition coefficient (Wildman–Crippen LogP) is 6.01. The molecule has 4 aromatic rings. The van der Waals surface area contributed by atoms with Gasteiger partial charge in [-0.05, 0) is 57.1 Å². The minimum absolute atomic E-state index is 0.228. The highest BCUT2D eigenvalue weighted by atomic mass is 32.1. The summed E-state index contributed by atoms with van der Waals surface area (Å²) in [6.07, 6.45) is 20.4. The number of thiophene rings is 1. The minimum Gasteiger partial charge on any atom is -0.396 e. The number of aryl methyl sites for hydroxylation is 1. The van der Waals surface area contributed by atoms with Crippen molar-refractivity contribution >= 4 is 32.9 Å². The van der Waals surface area contributed by atoms with Crippen LogP contribution in [0, 0.1) is 5.92 Å². The summed E-state index contributed by atoms with van der Waals surface area (Å²) in [7, 11) is 1.96. The zero-order valence-corrected chi connectivity index (χ0v) is 22.8. The van der Waals surface area contributed by atoms with Crippen molar-refractivity contribution in [1.82, 2.24) is 29.3 Å². The van der Waals surface area contributed by atoms with Gasteiger partial charge in [0.15, 0.2) is 11.6 Å². The van der Waals surface area contributed by atoms with Crippen molar-refractivity contribution < 1.29 is 5.11 Å². The number of fused-ring (bicyclic) bond motifs is 1. The van der Waals surface area contributed by atoms with Gasteiger partial charge in [0, 0.05) is 49.9 Å². The molecule has 2 atom stereocenters. The highest BCUT2D eigenvalue weighted by Crippen LogP contribution is 2.45. The second kappa shape index (κ2) is 10.3. The van der Waals surface area contributed by atoms with Crippen molar-refractivity contribution in [2.45, 2.75) is 51.6 Å². The molecular weight excluding hydrogens is 494 g/mol. The Labute approximate surface area is 226 Å². The number of aromatic nitrogens is 6. The van der Waals surface area contributed by atoms with E-state index in [0.717, 1.165) is 69.2 Å². The Hall–Kier alpha value is -3.56. The van der Waals surface area contributed by atoms with E-state index >= 15 is 0 Å². The van der Waals surface area contributed by atoms with Gasteiger partial charge in [-0.25, -0.2) is 15.0 Å². The van der Waals surface area contributed by atoms with E-state index in [1.165, 1.54) is 0 Å². The van der Waals surface area contributed by atoms with Gasteiger partial charge in [0.25, 0.3) is 0 Å². The van der Waals surface area contributed by atoms with Crippen LogP contribution in [0.15, 0.2) is 55.0 Å². The number of imidazole rings is 1. The van der Waals surface area contributed by atoms with E-state index in [2.05, 4.69) is 60.6 Å². The molecule has 0 saturated heterocycles. The molecule has 0 bridgehead atoms. The second-order valence-electron chi connectivity index (χ2n) is 10.4. The van der Waals surface area contributed by atoms with Crippen molar-refractivity contribution in [2.24, 2.45) is 13.0 Å². The largest absolute Gasteiger partial charge is 0.396 e. The topological polar surface area (TPSA) is 93.7 Å². The molecule has 0 unspecified atom stereocenters. The lowest BCUT2D eigenvalue weighted by Crippen LogP contribution is -2.18. The normalized spacial score (nSPS) is 19.4. The fraction of sp³-hybridized carbons (Fsp3) is 0.379. The quantitative estimate of drug-likeness (QED) is 0.306. The molecule has 0 radical (unpaired) electrons. The molecule has 0 amide bonds. The Morgan fingerprint density at radius 1 is 1.18 bits per heavy atom. The Kier molecular flexibility index (Phi) is 6.71. The molecule has 0 spiro atoms. The smallest absolute Gasteiger partial charge is 0.199 e. The molecule has 2 aliphatic rings. The summed E-state index contributed by atoms with van der Waals surface area (Å²) in [5.74, 6) is 2.47. The van der Waals surface area contributed by atoms with Gasteiger partial charge in [-0.1, -0.05) is 30.4 Å². The van der Waals surface area contributed by atoms with E-state index < -0.39 is 0 Å². The minimum atomic E-state index is 0.228. The zero-order valence-electron chi connectivity index (χ0n) is 22.0. The number of aliphatic hydroxyl groups is 1. The molecule has 2 aliphatic carbocycles. The maximum absolute atomic E-state index is 9.74. The molecule has 1 saturated carbocycles. The number of aliphatic hydroxyl groups excluding tert-OH is 1. The number of allylic oxidation sites excluding steroid dienone is 6. The molecule has 6 rings (SSSR count). The lowest BCUT2D eigenvalue weighted by atomic mass is 10.0. The first kappa shape index (κ1) is 24.8. The number of hydrogen-bond acceptors (Lipinski definition) is 7. The summed E-state index contributed by atoms with van der Waals surface area (Å²) in [6.45, 7) is 4.50. The Balaban J connectivity index is 1.59. The summed E-state index contributed by atoms with van der Waals surface area (Å²) in [5.41, 5.74) is 3.16. The third kappa shape index (κ3) is 4.61. The lowest BCUT2D eigenvalue weighted by Gasteiger charge is -2.16. The molecule has 196 valence electrons. The third-order valence-electron chi connectivity index (χ3n) is 7.35. The van der Waals surface area contributed by atoms with Gasteiger partial charge in [0.05, 0.1) is 10.3 Å². The van der Waals surface area contributed by atoms with E-state index in [9.17, 15) is 5.11 Å². The van der Waals surface area contributed by atoms with E-state index in [-0.39, 0.29) is 18.7 Å². The summed E-state index contributed by atoms with van der Waals surface area (Å²) >= 11 is 1.65. The van der Waals surface area contributed by atoms with Crippen LogP contribution in [0.3, 0.4) is 0 Å². The molecular formula is C29H33N7OS. The van der Waals surface area contributed by atoms with Crippen LogP contribution in [-0.2, 0) is 7.05 Å². The van der Waals surface area contributed by atoms with E-state index in [1.807, 2.05) is 28.7 Å². The van der Waals surface area contributed by atoms with Crippen LogP contribution in [0.4, 0.5) is 5.82 Å². The summed E-state index contributed by atoms with van der Waals surface area (Å²) in [6, 6.07) is 2.61. The highest BCUT2D eigenvalue weighted by Gasteiger charge is 2.28. The van der Waals surface area contributed by atoms with Gasteiger partial charge in [0.2, 0.25) is 0 Å². The number of anilines is 1. The molecule has 2 N–H and O–H groups in total. The molecule has 4 aromatic heterocycles. The van der Waals surface area contributed by atoms with E-state index in [0.29, 0.717) is 11.7 Å². The van der Waals surface area contributed by atoms with Crippen LogP contribution in [0.2, 0.25) is 0 Å². The van der Waals surface area contributed by atoms with E-state index in [1.54, 1.807) is 17.5 Å². The molecule has 8 nitrogen and oxygen atoms in total. The number of hydrogen-bond donors (Lipinski definition) is 2. The van der Waals surface area contributed by atoms with Gasteiger partial charge in [-0.2, -0.15) is 5.10 Å². The highest BCUT2D eigenvalue weighted by molar-refractivity contribution is 7.22. The SMILES string of the molecule is CC(C)n1ccc(-c2sc3nc(-c4nccn4C)nc(N[C@@H]4CC[C@H](CO)C4)c3c2C2=CC=CCC=C2)n1. The second-order valence-corrected chi connectivity index (χ2v) is 11.4. The van der Waals surface area contributed by atoms with Crippen LogP contribution >= 0.6 is 11.3 Å². The van der Waals surface area contributed by atoms with Crippen molar-refractivity contribution in [3.8, 4) is 22.2 Å². The Morgan fingerprint density at radius 3 is 2.82 bits per heavy atom. The van der Waals surface area contributed by atoms with Crippen molar-refractivity contribution in [1.29, 1.82) is 0 Å². The van der Waals surface area contributed by atoms with Gasteiger partial charge >= 0.3 is 0 Å². The van der Waals surface area contributed by atoms with Crippen LogP contribution in [0.25, 0.3) is 38.0 Å². The Bertz CT molecular complexity index is 1550. The first-order chi connectivity index (χ1) is 18.5. The van der Waals surface area contributed by atoms with Crippen LogP contribution in [-0.4, -0.2) is 47.1 Å². The summed E-state index contributed by atoms with van der Waals surface area (Å²) in [4.78, 5) is 16.7. The standard InChI is InChI=1S/C29H33N7OS/c1-18(2)36-14-12-22(34-36)25-23(20-8-6-4-5-7-9-20)24-26(31-21-11-10-19(16-21)17-37)32-27(33-29(24)38-25)28-30-13-15-35(28)3/h4,6-9,12-15,18-19,21,37H,5,10-11,16-17H2,1-3H3,(H,31,32,33)/t19-,21+/m0/s1. The van der Waals surface area contributed by atoms with Gasteiger partial charge in [0.1, 0.15) is 16.3 Å². The van der Waals surface area contributed by atoms with Crippen LogP contribution in [0.5, 0.6) is 0 Å². The maximum atomic E-state index is 9.74. The Morgan fingerprint density at radius 2 is 2.08 bits per heavy atom. The monoisotopic (exact) mass is 527 g/mol. The average molecular weight is 528 g/mol. The first-order valence-electron chi connectivity index (χ1n) is 13.3. The fourth-order valence-electron chi connectivity index (χ4n) is 5.30. The van der Waals surface area contributed by atoms with Crippen molar-refractivity contribution in [3.05, 3.63) is 60.6 Å². The van der Waals surface area contributed by atoms with Gasteiger partial charge < -0.3 is 15.0 Å².